The molecule has 0 radical (unpaired) electrons. The van der Waals surface area contributed by atoms with Crippen molar-refractivity contribution in [3.05, 3.63) is 63.2 Å². The van der Waals surface area contributed by atoms with Crippen molar-refractivity contribution < 1.29 is 13.3 Å². The minimum Gasteiger partial charge on any atom is -0.277 e. The predicted molar refractivity (Wildman–Crippen MR) is 113 cm³/mol. The lowest BCUT2D eigenvalue weighted by Gasteiger charge is -2.21. The highest BCUT2D eigenvalue weighted by Crippen LogP contribution is 2.30. The van der Waals surface area contributed by atoms with E-state index >= 15 is 0 Å². The third-order valence-corrected chi connectivity index (χ3v) is 6.82. The van der Waals surface area contributed by atoms with Crippen molar-refractivity contribution in [2.45, 2.75) is 30.6 Å². The lowest BCUT2D eigenvalue weighted by molar-refractivity contribution is -0.385. The summed E-state index contributed by atoms with van der Waals surface area (Å²) in [5, 5.41) is 15.9. The van der Waals surface area contributed by atoms with E-state index in [9.17, 15) is 18.5 Å². The van der Waals surface area contributed by atoms with Gasteiger partial charge in [-0.3, -0.25) is 15.5 Å². The second-order valence-corrected chi connectivity index (χ2v) is 9.02. The van der Waals surface area contributed by atoms with Crippen LogP contribution >= 0.6 is 11.6 Å². The highest BCUT2D eigenvalue weighted by molar-refractivity contribution is 7.89. The van der Waals surface area contributed by atoms with Gasteiger partial charge in [-0.15, -0.1) is 0 Å². The molecule has 1 saturated heterocycles. The Hall–Kier alpha value is -2.49. The van der Waals surface area contributed by atoms with Crippen LogP contribution in [0.4, 0.5) is 11.4 Å². The van der Waals surface area contributed by atoms with Crippen molar-refractivity contribution >= 4 is 39.2 Å². The molecule has 2 aromatic carbocycles. The van der Waals surface area contributed by atoms with Gasteiger partial charge in [0.1, 0.15) is 4.90 Å². The molecule has 154 valence electrons. The van der Waals surface area contributed by atoms with Crippen molar-refractivity contribution in [1.29, 1.82) is 0 Å². The van der Waals surface area contributed by atoms with E-state index in [1.807, 2.05) is 0 Å². The number of halogens is 1. The van der Waals surface area contributed by atoms with Gasteiger partial charge in [-0.1, -0.05) is 36.6 Å². The van der Waals surface area contributed by atoms with Gasteiger partial charge in [-0.25, -0.2) is 8.42 Å². The molecule has 1 aliphatic heterocycles. The topological polar surface area (TPSA) is 105 Å². The summed E-state index contributed by atoms with van der Waals surface area (Å²) in [6, 6.07) is 10.6. The minimum atomic E-state index is -3.90. The van der Waals surface area contributed by atoms with E-state index in [0.29, 0.717) is 18.1 Å². The monoisotopic (exact) mass is 436 g/mol. The van der Waals surface area contributed by atoms with Crippen LogP contribution in [0.3, 0.4) is 0 Å². The molecule has 0 amide bonds. The smallest absolute Gasteiger partial charge is 0.270 e. The summed E-state index contributed by atoms with van der Waals surface area (Å²) in [4.78, 5) is 10.4. The first-order valence-electron chi connectivity index (χ1n) is 9.21. The Morgan fingerprint density at radius 2 is 1.72 bits per heavy atom. The number of benzene rings is 2. The Bertz CT molecular complexity index is 1000. The Balaban J connectivity index is 1.92. The molecule has 0 atom stereocenters. The number of nitrogens with zero attached hydrogens (tertiary/aromatic N) is 3. The van der Waals surface area contributed by atoms with E-state index < -0.39 is 14.9 Å². The maximum absolute atomic E-state index is 13.2. The molecular formula is C19H21ClN4O4S. The van der Waals surface area contributed by atoms with Crippen molar-refractivity contribution in [3.8, 4) is 0 Å². The van der Waals surface area contributed by atoms with Crippen LogP contribution in [0.1, 0.15) is 31.2 Å². The summed E-state index contributed by atoms with van der Waals surface area (Å²) in [6.45, 7) is 0.803. The van der Waals surface area contributed by atoms with Crippen LogP contribution in [0.15, 0.2) is 52.5 Å². The Morgan fingerprint density at radius 3 is 2.34 bits per heavy atom. The largest absolute Gasteiger partial charge is 0.277 e. The minimum absolute atomic E-state index is 0.151. The fraction of sp³-hybridized carbons (Fsp3) is 0.316. The second kappa shape index (κ2) is 9.34. The number of hydrogen-bond acceptors (Lipinski definition) is 6. The van der Waals surface area contributed by atoms with Crippen LogP contribution in [0, 0.1) is 10.1 Å². The first-order valence-corrected chi connectivity index (χ1v) is 11.0. The Morgan fingerprint density at radius 1 is 1.07 bits per heavy atom. The van der Waals surface area contributed by atoms with Gasteiger partial charge in [0, 0.05) is 30.2 Å². The molecule has 0 aliphatic carbocycles. The lowest BCUT2D eigenvalue weighted by atomic mass is 10.2. The Labute approximate surface area is 174 Å². The first kappa shape index (κ1) is 21.2. The lowest BCUT2D eigenvalue weighted by Crippen LogP contribution is -2.32. The summed E-state index contributed by atoms with van der Waals surface area (Å²) < 4.78 is 27.8. The van der Waals surface area contributed by atoms with E-state index in [-0.39, 0.29) is 16.3 Å². The summed E-state index contributed by atoms with van der Waals surface area (Å²) in [5.74, 6) is 0. The first-order chi connectivity index (χ1) is 13.9. The average Bonchev–Trinajstić information content (AvgIpc) is 2.99. The van der Waals surface area contributed by atoms with E-state index in [1.54, 1.807) is 24.3 Å². The van der Waals surface area contributed by atoms with Gasteiger partial charge < -0.3 is 0 Å². The van der Waals surface area contributed by atoms with Gasteiger partial charge in [0.25, 0.3) is 5.69 Å². The number of nitro groups is 1. The quantitative estimate of drug-likeness (QED) is 0.413. The van der Waals surface area contributed by atoms with Crippen LogP contribution in [0.5, 0.6) is 0 Å². The summed E-state index contributed by atoms with van der Waals surface area (Å²) in [5.41, 5.74) is 3.37. The molecule has 1 fully saturated rings. The predicted octanol–water partition coefficient (Wildman–Crippen LogP) is 4.26. The number of nitro benzene ring substituents is 1. The molecule has 0 unspecified atom stereocenters. The van der Waals surface area contributed by atoms with Crippen molar-refractivity contribution in [3.63, 3.8) is 0 Å². The average molecular weight is 437 g/mol. The van der Waals surface area contributed by atoms with Crippen molar-refractivity contribution in [2.24, 2.45) is 5.10 Å². The molecule has 8 nitrogen and oxygen atoms in total. The van der Waals surface area contributed by atoms with E-state index in [1.165, 1.54) is 22.7 Å². The zero-order chi connectivity index (χ0) is 20.9. The van der Waals surface area contributed by atoms with Crippen molar-refractivity contribution in [1.82, 2.24) is 4.31 Å². The van der Waals surface area contributed by atoms with Gasteiger partial charge in [0.2, 0.25) is 10.0 Å². The number of anilines is 1. The van der Waals surface area contributed by atoms with Crippen molar-refractivity contribution in [2.75, 3.05) is 18.5 Å². The third-order valence-electron chi connectivity index (χ3n) is 4.63. The van der Waals surface area contributed by atoms with E-state index in [4.69, 9.17) is 11.6 Å². The molecular weight excluding hydrogens is 416 g/mol. The molecule has 2 aromatic rings. The second-order valence-electron chi connectivity index (χ2n) is 6.68. The van der Waals surface area contributed by atoms with Gasteiger partial charge in [-0.2, -0.15) is 9.41 Å². The highest BCUT2D eigenvalue weighted by atomic mass is 35.5. The maximum atomic E-state index is 13.2. The molecule has 10 heteroatoms. The van der Waals surface area contributed by atoms with Crippen LogP contribution in [0.25, 0.3) is 0 Å². The molecule has 0 spiro atoms. The SMILES string of the molecule is O=[N+]([O-])c1ccc(NN=Cc2ccc(Cl)cc2)c(S(=O)(=O)N2CCCCCC2)c1. The molecule has 0 aromatic heterocycles. The number of rotatable bonds is 6. The fourth-order valence-electron chi connectivity index (χ4n) is 3.08. The van der Waals surface area contributed by atoms with Gasteiger partial charge >= 0.3 is 0 Å². The maximum Gasteiger partial charge on any atom is 0.270 e. The molecule has 3 rings (SSSR count). The molecule has 1 N–H and O–H groups in total. The summed E-state index contributed by atoms with van der Waals surface area (Å²) >= 11 is 5.85. The zero-order valence-electron chi connectivity index (χ0n) is 15.6. The third kappa shape index (κ3) is 5.31. The van der Waals surface area contributed by atoms with Crippen LogP contribution in [-0.4, -0.2) is 37.0 Å². The standard InChI is InChI=1S/C19H21ClN4O4S/c20-16-7-5-15(6-8-16)14-21-22-18-10-9-17(24(25)26)13-19(18)29(27,28)23-11-3-1-2-4-12-23/h5-10,13-14,22H,1-4,11-12H2. The molecule has 1 heterocycles. The van der Waals surface area contributed by atoms with Crippen LogP contribution in [0.2, 0.25) is 5.02 Å². The number of hydrogen-bond donors (Lipinski definition) is 1. The van der Waals surface area contributed by atoms with Gasteiger partial charge in [0.15, 0.2) is 0 Å². The summed E-state index contributed by atoms with van der Waals surface area (Å²) in [6.07, 6.45) is 4.99. The molecule has 29 heavy (non-hydrogen) atoms. The number of non-ortho nitro benzene ring substituents is 1. The number of hydrazone groups is 1. The summed E-state index contributed by atoms with van der Waals surface area (Å²) in [7, 11) is -3.90. The highest BCUT2D eigenvalue weighted by Gasteiger charge is 2.29. The number of sulfonamides is 1. The molecule has 0 bridgehead atoms. The zero-order valence-corrected chi connectivity index (χ0v) is 17.2. The number of nitrogens with one attached hydrogen (secondary N) is 1. The van der Waals surface area contributed by atoms with Crippen LogP contribution in [-0.2, 0) is 10.0 Å². The molecule has 1 aliphatic rings. The van der Waals surface area contributed by atoms with Gasteiger partial charge in [0.05, 0.1) is 16.8 Å². The Kier molecular flexibility index (Phi) is 6.83. The normalized spacial score (nSPS) is 15.9. The van der Waals surface area contributed by atoms with E-state index in [0.717, 1.165) is 37.3 Å². The van der Waals surface area contributed by atoms with Crippen LogP contribution < -0.4 is 5.43 Å². The fourth-order valence-corrected chi connectivity index (χ4v) is 4.88. The van der Waals surface area contributed by atoms with Gasteiger partial charge in [-0.05, 0) is 36.6 Å². The van der Waals surface area contributed by atoms with E-state index in [2.05, 4.69) is 10.5 Å². The molecule has 0 saturated carbocycles.